The van der Waals surface area contributed by atoms with Crippen LogP contribution in [0.3, 0.4) is 0 Å². The maximum atomic E-state index is 13.4. The highest BCUT2D eigenvalue weighted by atomic mass is 79.9. The van der Waals surface area contributed by atoms with Crippen LogP contribution < -0.4 is 4.90 Å². The minimum atomic E-state index is -0.630. The number of halogens is 1. The number of carbonyl (C=O) groups is 4. The molecule has 3 aromatic carbocycles. The van der Waals surface area contributed by atoms with E-state index in [0.717, 1.165) is 10.0 Å². The number of benzene rings is 3. The number of imide groups is 1. The van der Waals surface area contributed by atoms with Gasteiger partial charge in [-0.3, -0.25) is 19.3 Å². The molecule has 1 aliphatic carbocycles. The Morgan fingerprint density at radius 2 is 1.60 bits per heavy atom. The van der Waals surface area contributed by atoms with E-state index in [1.807, 2.05) is 37.3 Å². The lowest BCUT2D eigenvalue weighted by Gasteiger charge is -2.16. The van der Waals surface area contributed by atoms with Gasteiger partial charge in [0, 0.05) is 21.0 Å². The van der Waals surface area contributed by atoms with Gasteiger partial charge in [0.2, 0.25) is 11.8 Å². The summed E-state index contributed by atoms with van der Waals surface area (Å²) >= 11 is 3.54. The van der Waals surface area contributed by atoms with Crippen LogP contribution in [-0.2, 0) is 20.7 Å². The average molecular weight is 624 g/mol. The van der Waals surface area contributed by atoms with Crippen LogP contribution in [0.15, 0.2) is 89.4 Å². The van der Waals surface area contributed by atoms with Gasteiger partial charge >= 0.3 is 5.97 Å². The highest BCUT2D eigenvalue weighted by Gasteiger charge is 2.47. The molecule has 2 atom stereocenters. The molecule has 2 heterocycles. The van der Waals surface area contributed by atoms with Crippen molar-refractivity contribution in [2.24, 2.45) is 11.8 Å². The molecular formula is C34H27BrN2O5. The molecule has 8 heteroatoms. The number of Topliss-reactive ketones (excluding diaryl/α,β-unsaturated/α-hetero) is 1. The fourth-order valence-corrected chi connectivity index (χ4v) is 6.20. The van der Waals surface area contributed by atoms with Crippen LogP contribution in [0.25, 0.3) is 22.2 Å². The average Bonchev–Trinajstić information content (AvgIpc) is 3.28. The highest BCUT2D eigenvalue weighted by Crippen LogP contribution is 2.38. The van der Waals surface area contributed by atoms with Crippen LogP contribution in [0.2, 0.25) is 0 Å². The van der Waals surface area contributed by atoms with E-state index < -0.39 is 5.97 Å². The molecule has 0 radical (unpaired) electrons. The molecule has 0 saturated carbocycles. The number of rotatable bonds is 7. The summed E-state index contributed by atoms with van der Waals surface area (Å²) in [5.41, 5.74) is 4.11. The maximum absolute atomic E-state index is 13.4. The number of anilines is 1. The van der Waals surface area contributed by atoms with Gasteiger partial charge in [0.25, 0.3) is 0 Å². The number of nitrogens with zero attached hydrogens (tertiary/aromatic N) is 2. The first-order valence-electron chi connectivity index (χ1n) is 13.9. The van der Waals surface area contributed by atoms with Crippen molar-refractivity contribution in [3.63, 3.8) is 0 Å². The lowest BCUT2D eigenvalue weighted by molar-refractivity contribution is -0.122. The Balaban J connectivity index is 1.34. The lowest BCUT2D eigenvalue weighted by Crippen LogP contribution is -2.30. The zero-order valence-electron chi connectivity index (χ0n) is 22.9. The molecule has 1 aromatic heterocycles. The first-order chi connectivity index (χ1) is 20.4. The van der Waals surface area contributed by atoms with E-state index >= 15 is 0 Å². The Morgan fingerprint density at radius 3 is 2.24 bits per heavy atom. The van der Waals surface area contributed by atoms with Gasteiger partial charge in [0.15, 0.2) is 12.4 Å². The number of aryl methyl sites for hydroxylation is 1. The first-order valence-corrected chi connectivity index (χ1v) is 14.7. The molecule has 1 saturated heterocycles. The van der Waals surface area contributed by atoms with E-state index in [1.165, 1.54) is 4.90 Å². The smallest absolute Gasteiger partial charge is 0.339 e. The summed E-state index contributed by atoms with van der Waals surface area (Å²) in [4.78, 5) is 58.3. The minimum absolute atomic E-state index is 0.167. The number of fused-ring (bicyclic) bond motifs is 2. The summed E-state index contributed by atoms with van der Waals surface area (Å²) in [5.74, 6) is -1.88. The molecule has 2 aliphatic rings. The Kier molecular flexibility index (Phi) is 7.56. The number of ether oxygens (including phenoxy) is 1. The third-order valence-corrected chi connectivity index (χ3v) is 8.37. The van der Waals surface area contributed by atoms with E-state index in [0.29, 0.717) is 52.7 Å². The number of esters is 1. The molecule has 7 nitrogen and oxygen atoms in total. The third kappa shape index (κ3) is 5.07. The molecule has 1 aliphatic heterocycles. The van der Waals surface area contributed by atoms with E-state index in [2.05, 4.69) is 15.9 Å². The summed E-state index contributed by atoms with van der Waals surface area (Å²) in [6.45, 7) is 1.62. The molecule has 1 fully saturated rings. The quantitative estimate of drug-likeness (QED) is 0.0982. The normalized spacial score (nSPS) is 17.9. The number of allylic oxidation sites excluding steroid dienone is 2. The Morgan fingerprint density at radius 1 is 0.929 bits per heavy atom. The zero-order valence-corrected chi connectivity index (χ0v) is 24.5. The predicted molar refractivity (Wildman–Crippen MR) is 163 cm³/mol. The van der Waals surface area contributed by atoms with Crippen molar-refractivity contribution in [3.8, 4) is 11.3 Å². The van der Waals surface area contributed by atoms with Gasteiger partial charge in [-0.1, -0.05) is 77.5 Å². The molecule has 210 valence electrons. The van der Waals surface area contributed by atoms with Crippen molar-refractivity contribution in [3.05, 3.63) is 106 Å². The highest BCUT2D eigenvalue weighted by molar-refractivity contribution is 9.10. The monoisotopic (exact) mass is 622 g/mol. The molecule has 4 aromatic rings. The minimum Gasteiger partial charge on any atom is -0.454 e. The topological polar surface area (TPSA) is 93.6 Å². The number of amides is 2. The number of pyridine rings is 1. The van der Waals surface area contributed by atoms with E-state index in [1.54, 1.807) is 54.6 Å². The second-order valence-electron chi connectivity index (χ2n) is 10.4. The Bertz CT molecular complexity index is 1740. The van der Waals surface area contributed by atoms with Crippen molar-refractivity contribution < 1.29 is 23.9 Å². The molecule has 0 N–H and O–H groups in total. The third-order valence-electron chi connectivity index (χ3n) is 7.92. The van der Waals surface area contributed by atoms with Gasteiger partial charge in [-0.2, -0.15) is 0 Å². The van der Waals surface area contributed by atoms with Crippen LogP contribution in [0.1, 0.15) is 46.0 Å². The fraction of sp³-hybridized carbons (Fsp3) is 0.206. The van der Waals surface area contributed by atoms with Gasteiger partial charge in [-0.05, 0) is 55.2 Å². The molecule has 0 spiro atoms. The first kappa shape index (κ1) is 27.7. The number of hydrogen-bond acceptors (Lipinski definition) is 6. The van der Waals surface area contributed by atoms with Gasteiger partial charge in [0.1, 0.15) is 0 Å². The van der Waals surface area contributed by atoms with E-state index in [4.69, 9.17) is 9.72 Å². The molecule has 42 heavy (non-hydrogen) atoms. The summed E-state index contributed by atoms with van der Waals surface area (Å²) in [6, 6.07) is 21.2. The van der Waals surface area contributed by atoms with E-state index in [-0.39, 0.29) is 41.6 Å². The van der Waals surface area contributed by atoms with Crippen molar-refractivity contribution >= 4 is 56.1 Å². The van der Waals surface area contributed by atoms with Crippen LogP contribution in [-0.4, -0.2) is 35.2 Å². The lowest BCUT2D eigenvalue weighted by atomic mass is 9.85. The predicted octanol–water partition coefficient (Wildman–Crippen LogP) is 6.72. The maximum Gasteiger partial charge on any atom is 0.339 e. The Hall–Kier alpha value is -4.43. The molecule has 6 rings (SSSR count). The van der Waals surface area contributed by atoms with Crippen molar-refractivity contribution in [2.75, 3.05) is 11.5 Å². The SMILES string of the molecule is CCc1cc(Br)cc2c(C(=O)OCC(=O)c3ccccc3)cc(-c3ccc(N4C(=O)C5CC=CCC5C4=O)cc3)nc12. The summed E-state index contributed by atoms with van der Waals surface area (Å²) < 4.78 is 6.30. The summed E-state index contributed by atoms with van der Waals surface area (Å²) in [7, 11) is 0. The van der Waals surface area contributed by atoms with Crippen LogP contribution >= 0.6 is 15.9 Å². The molecule has 2 unspecified atom stereocenters. The summed E-state index contributed by atoms with van der Waals surface area (Å²) in [5, 5.41) is 0.614. The Labute approximate surface area is 251 Å². The van der Waals surface area contributed by atoms with Crippen LogP contribution in [0, 0.1) is 11.8 Å². The van der Waals surface area contributed by atoms with Gasteiger partial charge in [0.05, 0.1) is 34.3 Å². The van der Waals surface area contributed by atoms with Crippen molar-refractivity contribution in [1.82, 2.24) is 4.98 Å². The standard InChI is InChI=1S/C34H27BrN2O5/c1-2-20-16-23(35)17-27-28(34(41)42-19-30(38)22-8-4-3-5-9-22)18-29(36-31(20)27)21-12-14-24(15-13-21)37-32(39)25-10-6-7-11-26(25)33(37)40/h3-9,12-18,25-26H,2,10-11,19H2,1H3. The second-order valence-corrected chi connectivity index (χ2v) is 11.4. The van der Waals surface area contributed by atoms with Crippen LogP contribution in [0.5, 0.6) is 0 Å². The number of ketones is 1. The molecule has 0 bridgehead atoms. The number of carbonyl (C=O) groups excluding carboxylic acids is 4. The fourth-order valence-electron chi connectivity index (χ4n) is 5.70. The van der Waals surface area contributed by atoms with Gasteiger partial charge in [-0.15, -0.1) is 0 Å². The zero-order chi connectivity index (χ0) is 29.4. The second kappa shape index (κ2) is 11.4. The molecular weight excluding hydrogens is 596 g/mol. The number of aromatic nitrogens is 1. The van der Waals surface area contributed by atoms with E-state index in [9.17, 15) is 19.2 Å². The van der Waals surface area contributed by atoms with Gasteiger partial charge in [-0.25, -0.2) is 9.78 Å². The largest absolute Gasteiger partial charge is 0.454 e. The van der Waals surface area contributed by atoms with Crippen LogP contribution in [0.4, 0.5) is 5.69 Å². The molecule has 2 amide bonds. The summed E-state index contributed by atoms with van der Waals surface area (Å²) in [6.07, 6.45) is 5.77. The van der Waals surface area contributed by atoms with Crippen molar-refractivity contribution in [1.29, 1.82) is 0 Å². The van der Waals surface area contributed by atoms with Crippen molar-refractivity contribution in [2.45, 2.75) is 26.2 Å². The number of hydrogen-bond donors (Lipinski definition) is 0. The van der Waals surface area contributed by atoms with Gasteiger partial charge < -0.3 is 4.74 Å².